The standard InChI is InChI=1S/C17H19N3O/c1-13-8-9-15-19-16(14-6-4-3-5-7-14)17(20(15)12-13)18-10-11-21-2/h3-9,12,18H,10-11H2,1-2H3. The van der Waals surface area contributed by atoms with Gasteiger partial charge in [-0.25, -0.2) is 4.98 Å². The lowest BCUT2D eigenvalue weighted by atomic mass is 10.1. The van der Waals surface area contributed by atoms with Crippen molar-refractivity contribution in [2.24, 2.45) is 0 Å². The second-order valence-electron chi connectivity index (χ2n) is 5.03. The molecular formula is C17H19N3O. The first-order valence-corrected chi connectivity index (χ1v) is 7.06. The number of pyridine rings is 1. The minimum absolute atomic E-state index is 0.660. The number of methoxy groups -OCH3 is 1. The summed E-state index contributed by atoms with van der Waals surface area (Å²) >= 11 is 0. The Morgan fingerprint density at radius 1 is 1.14 bits per heavy atom. The van der Waals surface area contributed by atoms with E-state index in [0.717, 1.165) is 29.3 Å². The first-order chi connectivity index (χ1) is 10.3. The Balaban J connectivity index is 2.11. The lowest BCUT2D eigenvalue weighted by Crippen LogP contribution is -2.10. The average Bonchev–Trinajstić information content (AvgIpc) is 2.87. The molecule has 0 aliphatic rings. The molecule has 0 saturated carbocycles. The van der Waals surface area contributed by atoms with Crippen LogP contribution < -0.4 is 5.32 Å². The van der Waals surface area contributed by atoms with Gasteiger partial charge in [0.05, 0.1) is 6.61 Å². The molecule has 2 aromatic heterocycles. The number of rotatable bonds is 5. The smallest absolute Gasteiger partial charge is 0.139 e. The van der Waals surface area contributed by atoms with Crippen LogP contribution in [-0.4, -0.2) is 29.6 Å². The van der Waals surface area contributed by atoms with Gasteiger partial charge in [0.1, 0.15) is 17.2 Å². The van der Waals surface area contributed by atoms with Crippen LogP contribution in [0.15, 0.2) is 48.7 Å². The summed E-state index contributed by atoms with van der Waals surface area (Å²) in [7, 11) is 1.71. The van der Waals surface area contributed by atoms with Gasteiger partial charge in [0.2, 0.25) is 0 Å². The first-order valence-electron chi connectivity index (χ1n) is 7.06. The van der Waals surface area contributed by atoms with E-state index in [2.05, 4.69) is 41.0 Å². The predicted molar refractivity (Wildman–Crippen MR) is 85.7 cm³/mol. The molecule has 0 bridgehead atoms. The van der Waals surface area contributed by atoms with E-state index in [0.29, 0.717) is 6.61 Å². The van der Waals surface area contributed by atoms with E-state index >= 15 is 0 Å². The van der Waals surface area contributed by atoms with Crippen LogP contribution in [0.2, 0.25) is 0 Å². The molecule has 3 aromatic rings. The molecule has 1 aromatic carbocycles. The molecule has 0 radical (unpaired) electrons. The second-order valence-corrected chi connectivity index (χ2v) is 5.03. The molecule has 2 heterocycles. The van der Waals surface area contributed by atoms with Gasteiger partial charge >= 0.3 is 0 Å². The summed E-state index contributed by atoms with van der Waals surface area (Å²) in [5.41, 5.74) is 4.23. The van der Waals surface area contributed by atoms with E-state index in [-0.39, 0.29) is 0 Å². The van der Waals surface area contributed by atoms with Gasteiger partial charge in [0.15, 0.2) is 0 Å². The topological polar surface area (TPSA) is 38.6 Å². The molecule has 1 N–H and O–H groups in total. The number of aromatic nitrogens is 2. The van der Waals surface area contributed by atoms with Crippen molar-refractivity contribution in [2.45, 2.75) is 6.92 Å². The predicted octanol–water partition coefficient (Wildman–Crippen LogP) is 3.37. The number of nitrogens with one attached hydrogen (secondary N) is 1. The van der Waals surface area contributed by atoms with Crippen LogP contribution in [0.4, 0.5) is 5.82 Å². The van der Waals surface area contributed by atoms with Crippen molar-refractivity contribution in [3.8, 4) is 11.3 Å². The monoisotopic (exact) mass is 281 g/mol. The zero-order valence-corrected chi connectivity index (χ0v) is 12.3. The molecule has 4 nitrogen and oxygen atoms in total. The van der Waals surface area contributed by atoms with Crippen LogP contribution in [0.3, 0.4) is 0 Å². The van der Waals surface area contributed by atoms with Crippen LogP contribution in [0.5, 0.6) is 0 Å². The fourth-order valence-corrected chi connectivity index (χ4v) is 2.39. The number of aryl methyl sites for hydroxylation is 1. The number of fused-ring (bicyclic) bond motifs is 1. The number of hydrogen-bond acceptors (Lipinski definition) is 3. The quantitative estimate of drug-likeness (QED) is 0.729. The number of ether oxygens (including phenoxy) is 1. The fraction of sp³-hybridized carbons (Fsp3) is 0.235. The molecule has 0 aliphatic carbocycles. The molecule has 3 rings (SSSR count). The zero-order chi connectivity index (χ0) is 14.7. The summed E-state index contributed by atoms with van der Waals surface area (Å²) in [6.07, 6.45) is 2.10. The van der Waals surface area contributed by atoms with Crippen LogP contribution in [0, 0.1) is 6.92 Å². The molecule has 0 atom stereocenters. The van der Waals surface area contributed by atoms with Gasteiger partial charge in [-0.2, -0.15) is 0 Å². The van der Waals surface area contributed by atoms with Crippen molar-refractivity contribution >= 4 is 11.5 Å². The Labute approximate surface area is 124 Å². The Morgan fingerprint density at radius 3 is 2.71 bits per heavy atom. The van der Waals surface area contributed by atoms with E-state index in [9.17, 15) is 0 Å². The lowest BCUT2D eigenvalue weighted by Gasteiger charge is -2.08. The van der Waals surface area contributed by atoms with E-state index in [4.69, 9.17) is 9.72 Å². The highest BCUT2D eigenvalue weighted by Gasteiger charge is 2.13. The number of benzene rings is 1. The maximum absolute atomic E-state index is 5.13. The number of imidazole rings is 1. The second kappa shape index (κ2) is 5.97. The van der Waals surface area contributed by atoms with Crippen molar-refractivity contribution < 1.29 is 4.74 Å². The number of nitrogens with zero attached hydrogens (tertiary/aromatic N) is 2. The van der Waals surface area contributed by atoms with E-state index < -0.39 is 0 Å². The van der Waals surface area contributed by atoms with Gasteiger partial charge in [0.25, 0.3) is 0 Å². The van der Waals surface area contributed by atoms with Crippen LogP contribution >= 0.6 is 0 Å². The fourth-order valence-electron chi connectivity index (χ4n) is 2.39. The molecule has 0 amide bonds. The van der Waals surface area contributed by atoms with Crippen molar-refractivity contribution in [3.63, 3.8) is 0 Å². The van der Waals surface area contributed by atoms with Crippen LogP contribution in [-0.2, 0) is 4.74 Å². The largest absolute Gasteiger partial charge is 0.383 e. The van der Waals surface area contributed by atoms with E-state index in [1.54, 1.807) is 7.11 Å². The maximum atomic E-state index is 5.13. The highest BCUT2D eigenvalue weighted by atomic mass is 16.5. The summed E-state index contributed by atoms with van der Waals surface area (Å²) in [4.78, 5) is 4.76. The summed E-state index contributed by atoms with van der Waals surface area (Å²) in [6.45, 7) is 3.49. The molecule has 21 heavy (non-hydrogen) atoms. The summed E-state index contributed by atoms with van der Waals surface area (Å²) in [5, 5.41) is 3.44. The third kappa shape index (κ3) is 2.76. The summed E-state index contributed by atoms with van der Waals surface area (Å²) in [5.74, 6) is 1.01. The molecular weight excluding hydrogens is 262 g/mol. The normalized spacial score (nSPS) is 11.0. The summed E-state index contributed by atoms with van der Waals surface area (Å²) in [6, 6.07) is 14.4. The van der Waals surface area contributed by atoms with Crippen LogP contribution in [0.1, 0.15) is 5.56 Å². The Morgan fingerprint density at radius 2 is 1.95 bits per heavy atom. The van der Waals surface area contributed by atoms with Crippen LogP contribution in [0.25, 0.3) is 16.9 Å². The molecule has 0 spiro atoms. The molecule has 0 fully saturated rings. The van der Waals surface area contributed by atoms with Gasteiger partial charge in [0, 0.05) is 25.4 Å². The molecule has 108 valence electrons. The van der Waals surface area contributed by atoms with Crippen molar-refractivity contribution in [3.05, 3.63) is 54.2 Å². The minimum Gasteiger partial charge on any atom is -0.383 e. The SMILES string of the molecule is COCCNc1c(-c2ccccc2)nc2ccc(C)cn12. The average molecular weight is 281 g/mol. The number of hydrogen-bond donors (Lipinski definition) is 1. The Hall–Kier alpha value is -2.33. The first kappa shape index (κ1) is 13.6. The molecule has 0 unspecified atom stereocenters. The lowest BCUT2D eigenvalue weighted by molar-refractivity contribution is 0.210. The highest BCUT2D eigenvalue weighted by Crippen LogP contribution is 2.28. The zero-order valence-electron chi connectivity index (χ0n) is 12.3. The molecule has 4 heteroatoms. The van der Waals surface area contributed by atoms with Gasteiger partial charge in [-0.05, 0) is 18.6 Å². The number of anilines is 1. The molecule has 0 aliphatic heterocycles. The van der Waals surface area contributed by atoms with Crippen molar-refractivity contribution in [1.82, 2.24) is 9.38 Å². The Bertz CT molecular complexity index is 734. The highest BCUT2D eigenvalue weighted by molar-refractivity contribution is 5.76. The van der Waals surface area contributed by atoms with Gasteiger partial charge < -0.3 is 10.1 Å². The van der Waals surface area contributed by atoms with E-state index in [1.165, 1.54) is 5.56 Å². The minimum atomic E-state index is 0.660. The van der Waals surface area contributed by atoms with Crippen molar-refractivity contribution in [1.29, 1.82) is 0 Å². The third-order valence-electron chi connectivity index (χ3n) is 3.41. The van der Waals surface area contributed by atoms with Crippen molar-refractivity contribution in [2.75, 3.05) is 25.6 Å². The Kier molecular flexibility index (Phi) is 3.88. The van der Waals surface area contributed by atoms with Gasteiger partial charge in [-0.1, -0.05) is 36.4 Å². The third-order valence-corrected chi connectivity index (χ3v) is 3.41. The van der Waals surface area contributed by atoms with E-state index in [1.807, 2.05) is 24.3 Å². The van der Waals surface area contributed by atoms with Gasteiger partial charge in [-0.15, -0.1) is 0 Å². The molecule has 0 saturated heterocycles. The maximum Gasteiger partial charge on any atom is 0.139 e. The summed E-state index contributed by atoms with van der Waals surface area (Å²) < 4.78 is 7.23. The van der Waals surface area contributed by atoms with Gasteiger partial charge in [-0.3, -0.25) is 4.40 Å².